The molecule has 0 radical (unpaired) electrons. The van der Waals surface area contributed by atoms with Gasteiger partial charge in [-0.1, -0.05) is 67.8 Å². The number of halogens is 8. The van der Waals surface area contributed by atoms with E-state index in [0.29, 0.717) is 11.5 Å². The Hall–Kier alpha value is -3.52. The number of rotatable bonds is 7. The molecular formula is C32H24ClF7O. The van der Waals surface area contributed by atoms with Crippen molar-refractivity contribution in [3.05, 3.63) is 106 Å². The number of allylic oxidation sites excluding steroid dienone is 2. The van der Waals surface area contributed by atoms with Gasteiger partial charge in [0, 0.05) is 23.1 Å². The van der Waals surface area contributed by atoms with Gasteiger partial charge in [0.1, 0.15) is 5.75 Å². The minimum Gasteiger partial charge on any atom is -0.429 e. The average Bonchev–Trinajstić information content (AvgIpc) is 2.94. The molecule has 1 aliphatic rings. The molecule has 41 heavy (non-hydrogen) atoms. The molecule has 0 saturated heterocycles. The Morgan fingerprint density at radius 3 is 2.12 bits per heavy atom. The lowest BCUT2D eigenvalue weighted by Gasteiger charge is -2.22. The van der Waals surface area contributed by atoms with Gasteiger partial charge in [0.25, 0.3) is 0 Å². The number of fused-ring (bicyclic) bond motifs is 1. The summed E-state index contributed by atoms with van der Waals surface area (Å²) in [6, 6.07) is 10.8. The summed E-state index contributed by atoms with van der Waals surface area (Å²) in [6.07, 6.45) is 3.32. The lowest BCUT2D eigenvalue weighted by molar-refractivity contribution is -0.185. The maximum Gasteiger partial charge on any atom is 0.428 e. The van der Waals surface area contributed by atoms with E-state index in [0.717, 1.165) is 43.4 Å². The van der Waals surface area contributed by atoms with E-state index in [2.05, 4.69) is 17.7 Å². The molecule has 0 saturated carbocycles. The fourth-order valence-electron chi connectivity index (χ4n) is 5.30. The molecule has 4 aromatic rings. The van der Waals surface area contributed by atoms with Crippen LogP contribution in [-0.2, 0) is 6.11 Å². The average molecular weight is 593 g/mol. The van der Waals surface area contributed by atoms with E-state index in [1.165, 1.54) is 18.1 Å². The Balaban J connectivity index is 1.46. The number of ether oxygens (including phenoxy) is 1. The van der Waals surface area contributed by atoms with Crippen LogP contribution in [-0.4, -0.2) is 0 Å². The molecule has 0 heterocycles. The predicted molar refractivity (Wildman–Crippen MR) is 145 cm³/mol. The lowest BCUT2D eigenvalue weighted by Crippen LogP contribution is -2.23. The van der Waals surface area contributed by atoms with Crippen molar-refractivity contribution in [3.8, 4) is 16.9 Å². The highest BCUT2D eigenvalue weighted by Gasteiger charge is 2.38. The van der Waals surface area contributed by atoms with Crippen molar-refractivity contribution in [1.82, 2.24) is 0 Å². The van der Waals surface area contributed by atoms with Crippen molar-refractivity contribution in [2.24, 2.45) is 5.92 Å². The predicted octanol–water partition coefficient (Wildman–Crippen LogP) is 11.0. The van der Waals surface area contributed by atoms with Crippen LogP contribution in [0.2, 0.25) is 5.02 Å². The van der Waals surface area contributed by atoms with E-state index >= 15 is 8.78 Å². The number of alkyl halides is 2. The molecule has 0 bridgehead atoms. The molecule has 0 N–H and O–H groups in total. The van der Waals surface area contributed by atoms with E-state index in [1.807, 2.05) is 12.1 Å². The second-order valence-corrected chi connectivity index (χ2v) is 10.5. The van der Waals surface area contributed by atoms with E-state index in [9.17, 15) is 22.0 Å². The summed E-state index contributed by atoms with van der Waals surface area (Å²) in [5, 5.41) is -1.42. The van der Waals surface area contributed by atoms with Gasteiger partial charge in [-0.05, 0) is 59.4 Å². The molecular weight excluding hydrogens is 569 g/mol. The molecule has 1 unspecified atom stereocenters. The zero-order valence-electron chi connectivity index (χ0n) is 21.8. The van der Waals surface area contributed by atoms with Crippen molar-refractivity contribution in [1.29, 1.82) is 0 Å². The Morgan fingerprint density at radius 1 is 0.854 bits per heavy atom. The molecule has 0 fully saturated rings. The molecule has 0 aliphatic heterocycles. The molecule has 0 spiro atoms. The first-order valence-electron chi connectivity index (χ1n) is 13.1. The molecule has 214 valence electrons. The number of hydrogen-bond acceptors (Lipinski definition) is 1. The monoisotopic (exact) mass is 592 g/mol. The van der Waals surface area contributed by atoms with Crippen LogP contribution in [0.15, 0.2) is 60.7 Å². The number of hydrogen-bond donors (Lipinski definition) is 0. The molecule has 5 rings (SSSR count). The van der Waals surface area contributed by atoms with Gasteiger partial charge in [-0.25, -0.2) is 22.0 Å². The van der Waals surface area contributed by atoms with Gasteiger partial charge < -0.3 is 4.74 Å². The molecule has 1 nitrogen and oxygen atoms in total. The summed E-state index contributed by atoms with van der Waals surface area (Å²) >= 11 is 6.11. The summed E-state index contributed by atoms with van der Waals surface area (Å²) in [6.45, 7) is 2.17. The second-order valence-electron chi connectivity index (χ2n) is 10.1. The van der Waals surface area contributed by atoms with Gasteiger partial charge in [0.15, 0.2) is 29.1 Å². The fraction of sp³-hybridized carbons (Fsp3) is 0.250. The minimum atomic E-state index is -4.33. The molecule has 9 heteroatoms. The lowest BCUT2D eigenvalue weighted by atomic mass is 9.84. The smallest absolute Gasteiger partial charge is 0.428 e. The third kappa shape index (κ3) is 5.67. The van der Waals surface area contributed by atoms with Crippen LogP contribution in [0.3, 0.4) is 0 Å². The first-order valence-corrected chi connectivity index (χ1v) is 13.5. The highest BCUT2D eigenvalue weighted by Crippen LogP contribution is 2.42. The van der Waals surface area contributed by atoms with Gasteiger partial charge in [-0.2, -0.15) is 8.78 Å². The SMILES string of the molecule is CCCC1CC=C(c2ccc(-c3cc4ccc(C(F)(F)Oc5cc(F)c(F)c(F)c5)c(Cl)c4c(F)c3F)cc2)CC1. The Morgan fingerprint density at radius 2 is 1.51 bits per heavy atom. The van der Waals surface area contributed by atoms with Crippen LogP contribution in [0.5, 0.6) is 5.75 Å². The second kappa shape index (κ2) is 11.4. The van der Waals surface area contributed by atoms with Crippen LogP contribution in [0.4, 0.5) is 30.7 Å². The van der Waals surface area contributed by atoms with Crippen molar-refractivity contribution in [2.45, 2.75) is 45.1 Å². The summed E-state index contributed by atoms with van der Waals surface area (Å²) in [4.78, 5) is 0. The Labute approximate surface area is 237 Å². The van der Waals surface area contributed by atoms with Crippen molar-refractivity contribution in [2.75, 3.05) is 0 Å². The van der Waals surface area contributed by atoms with Gasteiger partial charge in [-0.15, -0.1) is 0 Å². The molecule has 0 aromatic heterocycles. The van der Waals surface area contributed by atoms with Crippen LogP contribution in [0.1, 0.15) is 50.2 Å². The summed E-state index contributed by atoms with van der Waals surface area (Å²) in [5.74, 6) is -8.42. The molecule has 4 aromatic carbocycles. The maximum atomic E-state index is 15.3. The Kier molecular flexibility index (Phi) is 8.06. The van der Waals surface area contributed by atoms with E-state index in [1.54, 1.807) is 12.1 Å². The maximum absolute atomic E-state index is 15.3. The molecule has 0 amide bonds. The Bertz CT molecular complexity index is 1620. The van der Waals surface area contributed by atoms with Crippen molar-refractivity contribution < 1.29 is 35.5 Å². The zero-order chi connectivity index (χ0) is 29.5. The van der Waals surface area contributed by atoms with E-state index in [-0.39, 0.29) is 23.1 Å². The minimum absolute atomic E-state index is 0.0448. The van der Waals surface area contributed by atoms with Crippen molar-refractivity contribution >= 4 is 27.9 Å². The third-order valence-electron chi connectivity index (χ3n) is 7.42. The van der Waals surface area contributed by atoms with Gasteiger partial charge in [0.2, 0.25) is 0 Å². The summed E-state index contributed by atoms with van der Waals surface area (Å²) in [5.41, 5.74) is 1.45. The highest BCUT2D eigenvalue weighted by molar-refractivity contribution is 6.36. The standard InChI is InChI=1S/C32H24ClF7O/c1-2-3-17-4-6-18(7-5-17)19-8-10-20(11-9-19)23-14-21-12-13-24(28(33)27(21)31(38)29(23)36)32(39,40)41-22-15-25(34)30(37)26(35)16-22/h6,8-17H,2-5,7H2,1H3. The third-order valence-corrected chi connectivity index (χ3v) is 7.82. The van der Waals surface area contributed by atoms with Crippen LogP contribution in [0, 0.1) is 35.0 Å². The molecule has 1 aliphatic carbocycles. The van der Waals surface area contributed by atoms with Gasteiger partial charge in [-0.3, -0.25) is 0 Å². The largest absolute Gasteiger partial charge is 0.429 e. The first kappa shape index (κ1) is 29.0. The van der Waals surface area contributed by atoms with E-state index < -0.39 is 56.9 Å². The highest BCUT2D eigenvalue weighted by atomic mass is 35.5. The fourth-order valence-corrected chi connectivity index (χ4v) is 5.66. The van der Waals surface area contributed by atoms with Crippen molar-refractivity contribution in [3.63, 3.8) is 0 Å². The van der Waals surface area contributed by atoms with Crippen LogP contribution < -0.4 is 4.74 Å². The normalized spacial score (nSPS) is 15.7. The number of benzene rings is 4. The van der Waals surface area contributed by atoms with Crippen LogP contribution >= 0.6 is 11.6 Å². The molecule has 1 atom stereocenters. The zero-order valence-corrected chi connectivity index (χ0v) is 22.6. The van der Waals surface area contributed by atoms with E-state index in [4.69, 9.17) is 11.6 Å². The van der Waals surface area contributed by atoms with Gasteiger partial charge >= 0.3 is 6.11 Å². The first-order chi connectivity index (χ1) is 19.5. The summed E-state index contributed by atoms with van der Waals surface area (Å²) < 4.78 is 105. The quantitative estimate of drug-likeness (QED) is 0.153. The summed E-state index contributed by atoms with van der Waals surface area (Å²) in [7, 11) is 0. The van der Waals surface area contributed by atoms with Crippen LogP contribution in [0.25, 0.3) is 27.5 Å². The topological polar surface area (TPSA) is 9.23 Å². The van der Waals surface area contributed by atoms with Gasteiger partial charge in [0.05, 0.1) is 10.6 Å².